The summed E-state index contributed by atoms with van der Waals surface area (Å²) in [7, 11) is 6.30. The summed E-state index contributed by atoms with van der Waals surface area (Å²) < 4.78 is 0. The Labute approximate surface area is 95.8 Å². The van der Waals surface area contributed by atoms with Gasteiger partial charge in [0.25, 0.3) is 0 Å². The fourth-order valence-corrected chi connectivity index (χ4v) is 1.81. The Morgan fingerprint density at radius 3 is 2.13 bits per heavy atom. The summed E-state index contributed by atoms with van der Waals surface area (Å²) >= 11 is 0. The monoisotopic (exact) mass is 215 g/mol. The highest BCUT2D eigenvalue weighted by Crippen LogP contribution is 2.08. The maximum absolute atomic E-state index is 3.36. The highest BCUT2D eigenvalue weighted by molar-refractivity contribution is 4.82. The van der Waals surface area contributed by atoms with Gasteiger partial charge in [0.1, 0.15) is 0 Å². The van der Waals surface area contributed by atoms with Crippen molar-refractivity contribution < 1.29 is 0 Å². The van der Waals surface area contributed by atoms with E-state index in [9.17, 15) is 0 Å². The quantitative estimate of drug-likeness (QED) is 0.690. The van der Waals surface area contributed by atoms with Crippen LogP contribution in [0.2, 0.25) is 0 Å². The molecule has 1 atom stereocenters. The third kappa shape index (κ3) is 6.13. The predicted octanol–water partition coefficient (Wildman–Crippen LogP) is 1.26. The van der Waals surface area contributed by atoms with Gasteiger partial charge in [-0.25, -0.2) is 0 Å². The van der Waals surface area contributed by atoms with E-state index in [2.05, 4.69) is 56.9 Å². The van der Waals surface area contributed by atoms with Crippen LogP contribution in [0.3, 0.4) is 0 Å². The van der Waals surface area contributed by atoms with Gasteiger partial charge in [-0.1, -0.05) is 6.92 Å². The van der Waals surface area contributed by atoms with Gasteiger partial charge in [0.05, 0.1) is 0 Å². The van der Waals surface area contributed by atoms with Crippen LogP contribution in [0.4, 0.5) is 0 Å². The molecule has 15 heavy (non-hydrogen) atoms. The number of hydrogen-bond acceptors (Lipinski definition) is 3. The summed E-state index contributed by atoms with van der Waals surface area (Å²) in [6.45, 7) is 12.4. The average Bonchev–Trinajstić information content (AvgIpc) is 2.13. The summed E-state index contributed by atoms with van der Waals surface area (Å²) in [6.07, 6.45) is 0. The summed E-state index contributed by atoms with van der Waals surface area (Å²) in [5, 5.41) is 3.36. The minimum Gasteiger partial charge on any atom is -0.314 e. The van der Waals surface area contributed by atoms with Gasteiger partial charge in [-0.2, -0.15) is 0 Å². The van der Waals surface area contributed by atoms with Crippen molar-refractivity contribution in [1.82, 2.24) is 15.1 Å². The van der Waals surface area contributed by atoms with Gasteiger partial charge in [0.2, 0.25) is 0 Å². The van der Waals surface area contributed by atoms with Crippen LogP contribution < -0.4 is 5.32 Å². The van der Waals surface area contributed by atoms with Gasteiger partial charge in [0, 0.05) is 24.7 Å². The fraction of sp³-hybridized carbons (Fsp3) is 1.00. The number of nitrogens with zero attached hydrogens (tertiary/aromatic N) is 2. The van der Waals surface area contributed by atoms with E-state index in [1.165, 1.54) is 0 Å². The van der Waals surface area contributed by atoms with Gasteiger partial charge in [-0.3, -0.25) is 4.90 Å². The Kier molecular flexibility index (Phi) is 6.41. The van der Waals surface area contributed by atoms with Gasteiger partial charge in [0.15, 0.2) is 0 Å². The molecule has 0 amide bonds. The standard InChI is InChI=1S/C12H29N3/c1-8-15(10-12(3,4)13-5)11(2)9-14(6)7/h11,13H,8-10H2,1-7H3. The Bertz CT molecular complexity index is 166. The van der Waals surface area contributed by atoms with Gasteiger partial charge >= 0.3 is 0 Å². The highest BCUT2D eigenvalue weighted by atomic mass is 15.2. The molecule has 0 rings (SSSR count). The van der Waals surface area contributed by atoms with Crippen LogP contribution in [-0.4, -0.2) is 62.2 Å². The van der Waals surface area contributed by atoms with Crippen LogP contribution in [0.1, 0.15) is 27.7 Å². The molecule has 0 aromatic heterocycles. The van der Waals surface area contributed by atoms with Crippen molar-refractivity contribution >= 4 is 0 Å². The van der Waals surface area contributed by atoms with Crippen LogP contribution in [0, 0.1) is 0 Å². The molecule has 3 heteroatoms. The number of rotatable bonds is 7. The first-order chi connectivity index (χ1) is 6.82. The van der Waals surface area contributed by atoms with Crippen molar-refractivity contribution in [2.45, 2.75) is 39.3 Å². The van der Waals surface area contributed by atoms with Crippen LogP contribution in [-0.2, 0) is 0 Å². The number of likely N-dealkylation sites (N-methyl/N-ethyl adjacent to an activating group) is 3. The predicted molar refractivity (Wildman–Crippen MR) is 68.4 cm³/mol. The van der Waals surface area contributed by atoms with Crippen LogP contribution in [0.15, 0.2) is 0 Å². The summed E-state index contributed by atoms with van der Waals surface area (Å²) in [5.74, 6) is 0. The summed E-state index contributed by atoms with van der Waals surface area (Å²) in [4.78, 5) is 4.77. The lowest BCUT2D eigenvalue weighted by Crippen LogP contribution is -2.51. The van der Waals surface area contributed by atoms with Crippen molar-refractivity contribution in [2.24, 2.45) is 0 Å². The molecule has 0 heterocycles. The molecule has 0 saturated heterocycles. The molecule has 0 bridgehead atoms. The minimum absolute atomic E-state index is 0.191. The first-order valence-corrected chi connectivity index (χ1v) is 5.90. The average molecular weight is 215 g/mol. The smallest absolute Gasteiger partial charge is 0.0249 e. The Morgan fingerprint density at radius 1 is 1.27 bits per heavy atom. The Morgan fingerprint density at radius 2 is 1.80 bits per heavy atom. The number of nitrogens with one attached hydrogen (secondary N) is 1. The second-order valence-electron chi connectivity index (χ2n) is 5.31. The van der Waals surface area contributed by atoms with E-state index in [0.717, 1.165) is 19.6 Å². The zero-order valence-corrected chi connectivity index (χ0v) is 11.6. The molecular weight excluding hydrogens is 186 g/mol. The lowest BCUT2D eigenvalue weighted by molar-refractivity contribution is 0.144. The first kappa shape index (κ1) is 14.9. The fourth-order valence-electron chi connectivity index (χ4n) is 1.81. The van der Waals surface area contributed by atoms with Crippen LogP contribution in [0.5, 0.6) is 0 Å². The molecule has 92 valence electrons. The molecule has 0 radical (unpaired) electrons. The molecule has 0 aliphatic carbocycles. The zero-order valence-electron chi connectivity index (χ0n) is 11.6. The van der Waals surface area contributed by atoms with E-state index >= 15 is 0 Å². The van der Waals surface area contributed by atoms with E-state index in [1.807, 2.05) is 7.05 Å². The van der Waals surface area contributed by atoms with Crippen LogP contribution >= 0.6 is 0 Å². The maximum atomic E-state index is 3.36. The largest absolute Gasteiger partial charge is 0.314 e. The normalized spacial score (nSPS) is 15.0. The molecule has 1 unspecified atom stereocenters. The van der Waals surface area contributed by atoms with E-state index in [4.69, 9.17) is 0 Å². The first-order valence-electron chi connectivity index (χ1n) is 5.90. The van der Waals surface area contributed by atoms with E-state index < -0.39 is 0 Å². The van der Waals surface area contributed by atoms with Gasteiger partial charge in [-0.05, 0) is 48.5 Å². The topological polar surface area (TPSA) is 18.5 Å². The summed E-state index contributed by atoms with van der Waals surface area (Å²) in [6, 6.07) is 0.609. The second kappa shape index (κ2) is 6.46. The van der Waals surface area contributed by atoms with E-state index in [-0.39, 0.29) is 5.54 Å². The zero-order chi connectivity index (χ0) is 12.1. The Balaban J connectivity index is 4.23. The molecule has 1 N–H and O–H groups in total. The molecule has 0 saturated carbocycles. The second-order valence-corrected chi connectivity index (χ2v) is 5.31. The third-order valence-electron chi connectivity index (χ3n) is 2.93. The molecule has 0 fully saturated rings. The molecule has 0 aromatic carbocycles. The Hall–Kier alpha value is -0.120. The summed E-state index contributed by atoms with van der Waals surface area (Å²) in [5.41, 5.74) is 0.191. The van der Waals surface area contributed by atoms with Gasteiger partial charge < -0.3 is 10.2 Å². The molecule has 0 aliphatic rings. The van der Waals surface area contributed by atoms with Crippen molar-refractivity contribution in [1.29, 1.82) is 0 Å². The lowest BCUT2D eigenvalue weighted by Gasteiger charge is -2.36. The van der Waals surface area contributed by atoms with Gasteiger partial charge in [-0.15, -0.1) is 0 Å². The van der Waals surface area contributed by atoms with E-state index in [1.54, 1.807) is 0 Å². The molecule has 0 spiro atoms. The maximum Gasteiger partial charge on any atom is 0.0249 e. The lowest BCUT2D eigenvalue weighted by atomic mass is 10.0. The molecule has 0 aromatic rings. The molecule has 3 nitrogen and oxygen atoms in total. The van der Waals surface area contributed by atoms with Crippen molar-refractivity contribution in [2.75, 3.05) is 40.8 Å². The van der Waals surface area contributed by atoms with Crippen molar-refractivity contribution in [3.05, 3.63) is 0 Å². The minimum atomic E-state index is 0.191. The molecular formula is C12H29N3. The number of hydrogen-bond donors (Lipinski definition) is 1. The highest BCUT2D eigenvalue weighted by Gasteiger charge is 2.22. The SMILES string of the molecule is CCN(CC(C)(C)NC)C(C)CN(C)C. The van der Waals surface area contributed by atoms with Crippen molar-refractivity contribution in [3.63, 3.8) is 0 Å². The van der Waals surface area contributed by atoms with Crippen molar-refractivity contribution in [3.8, 4) is 0 Å². The van der Waals surface area contributed by atoms with E-state index in [0.29, 0.717) is 6.04 Å². The van der Waals surface area contributed by atoms with Crippen LogP contribution in [0.25, 0.3) is 0 Å². The molecule has 0 aliphatic heterocycles. The third-order valence-corrected chi connectivity index (χ3v) is 2.93.